The summed E-state index contributed by atoms with van der Waals surface area (Å²) in [5.41, 5.74) is 16.8. The molecule has 1 aliphatic rings. The lowest BCUT2D eigenvalue weighted by Crippen LogP contribution is -2.58. The number of amides is 6. The van der Waals surface area contributed by atoms with Gasteiger partial charge in [-0.15, -0.1) is 0 Å². The van der Waals surface area contributed by atoms with Crippen LogP contribution in [0.5, 0.6) is 0 Å². The number of nitrogens with two attached hydrogens (primary N) is 3. The van der Waals surface area contributed by atoms with Gasteiger partial charge in [-0.2, -0.15) is 0 Å². The van der Waals surface area contributed by atoms with Gasteiger partial charge in [-0.1, -0.05) is 30.3 Å². The molecule has 1 aromatic rings. The minimum atomic E-state index is -1.59. The molecule has 6 amide bonds. The maximum absolute atomic E-state index is 13.8. The summed E-state index contributed by atoms with van der Waals surface area (Å²) in [6, 6.07) is 3.39. The molecule has 54 heavy (non-hydrogen) atoms. The fourth-order valence-electron chi connectivity index (χ4n) is 5.20. The predicted octanol–water partition coefficient (Wildman–Crippen LogP) is -3.51. The summed E-state index contributed by atoms with van der Waals surface area (Å²) in [7, 11) is 0. The minimum absolute atomic E-state index is 0.0373. The van der Waals surface area contributed by atoms with Crippen LogP contribution in [-0.2, 0) is 49.5 Å². The number of rotatable bonds is 21. The number of carbonyl (C=O) groups excluding carboxylic acids is 6. The van der Waals surface area contributed by atoms with Crippen LogP contribution in [0.25, 0.3) is 0 Å². The molecule has 4 atom stereocenters. The zero-order valence-electron chi connectivity index (χ0n) is 30.3. The lowest BCUT2D eigenvalue weighted by Gasteiger charge is -2.26. The van der Waals surface area contributed by atoms with E-state index in [0.29, 0.717) is 44.8 Å². The summed E-state index contributed by atoms with van der Waals surface area (Å²) in [6.45, 7) is 1.50. The van der Waals surface area contributed by atoms with Gasteiger partial charge in [-0.25, -0.2) is 0 Å². The van der Waals surface area contributed by atoms with E-state index in [9.17, 15) is 38.7 Å². The molecule has 300 valence electrons. The molecule has 0 radical (unpaired) electrons. The molecule has 1 unspecified atom stereocenters. The van der Waals surface area contributed by atoms with Gasteiger partial charge in [0.2, 0.25) is 35.4 Å². The van der Waals surface area contributed by atoms with Crippen molar-refractivity contribution in [3.8, 4) is 0 Å². The van der Waals surface area contributed by atoms with Crippen molar-refractivity contribution in [2.45, 2.75) is 75.5 Å². The van der Waals surface area contributed by atoms with Crippen LogP contribution in [0.1, 0.15) is 50.5 Å². The van der Waals surface area contributed by atoms with Crippen molar-refractivity contribution < 1.29 is 48.1 Å². The van der Waals surface area contributed by atoms with Gasteiger partial charge in [0.25, 0.3) is 0 Å². The Morgan fingerprint density at radius 2 is 1.39 bits per heavy atom. The van der Waals surface area contributed by atoms with E-state index >= 15 is 0 Å². The second-order valence-corrected chi connectivity index (χ2v) is 12.4. The highest BCUT2D eigenvalue weighted by Gasteiger charge is 2.33. The first kappa shape index (κ1) is 44.8. The molecule has 0 bridgehead atoms. The molecular weight excluding hydrogens is 708 g/mol. The molecule has 1 fully saturated rings. The van der Waals surface area contributed by atoms with E-state index in [2.05, 4.69) is 36.9 Å². The molecule has 1 aromatic carbocycles. The maximum atomic E-state index is 13.8. The van der Waals surface area contributed by atoms with Crippen LogP contribution in [0, 0.1) is 0 Å². The van der Waals surface area contributed by atoms with Crippen LogP contribution >= 0.6 is 0 Å². The molecule has 13 N–H and O–H groups in total. The smallest absolute Gasteiger partial charge is 0.305 e. The topological polar surface area (TPSA) is 321 Å². The number of hydrogen-bond acceptors (Lipinski definition) is 11. The quantitative estimate of drug-likeness (QED) is 0.0331. The van der Waals surface area contributed by atoms with Crippen molar-refractivity contribution in [1.29, 1.82) is 0 Å². The molecule has 20 heteroatoms. The van der Waals surface area contributed by atoms with Crippen molar-refractivity contribution in [3.63, 3.8) is 0 Å². The average molecular weight is 763 g/mol. The molecule has 1 aliphatic heterocycles. The van der Waals surface area contributed by atoms with Crippen LogP contribution in [0.3, 0.4) is 0 Å². The van der Waals surface area contributed by atoms with Crippen LogP contribution in [0.2, 0.25) is 0 Å². The SMILES string of the molecule is NCCOCCOCCC(=O)NCCCCC1NC(=O)[C@@H](Cc2ccccc2)NC(=O)[C@H](CC(=O)O)NC(=O)CNC(=O)[C@H](CCCN=C(N)N)NC1=O. The molecule has 1 saturated heterocycles. The van der Waals surface area contributed by atoms with Crippen molar-refractivity contribution in [2.24, 2.45) is 22.2 Å². The Bertz CT molecular complexity index is 1410. The maximum Gasteiger partial charge on any atom is 0.305 e. The van der Waals surface area contributed by atoms with E-state index in [1.165, 1.54) is 0 Å². The van der Waals surface area contributed by atoms with Crippen molar-refractivity contribution in [2.75, 3.05) is 52.6 Å². The molecule has 2 rings (SSSR count). The molecule has 0 spiro atoms. The highest BCUT2D eigenvalue weighted by molar-refractivity contribution is 5.98. The van der Waals surface area contributed by atoms with Gasteiger partial charge in [0, 0.05) is 32.5 Å². The summed E-state index contributed by atoms with van der Waals surface area (Å²) in [5.74, 6) is -5.86. The Hall–Kier alpha value is -5.34. The number of carboxylic acids is 1. The number of guanidine groups is 1. The highest BCUT2D eigenvalue weighted by atomic mass is 16.5. The van der Waals surface area contributed by atoms with E-state index < -0.39 is 72.6 Å². The van der Waals surface area contributed by atoms with E-state index in [1.807, 2.05) is 0 Å². The fraction of sp³-hybridized carbons (Fsp3) is 0.588. The summed E-state index contributed by atoms with van der Waals surface area (Å²) in [4.78, 5) is 94.7. The normalized spacial score (nSPS) is 19.8. The van der Waals surface area contributed by atoms with Crippen molar-refractivity contribution in [3.05, 3.63) is 35.9 Å². The molecule has 0 aliphatic carbocycles. The largest absolute Gasteiger partial charge is 0.481 e. The number of unbranched alkanes of at least 4 members (excludes halogenated alkanes) is 1. The number of carboxylic acid groups (broad SMARTS) is 1. The molecule has 0 aromatic heterocycles. The number of nitrogens with one attached hydrogen (secondary N) is 6. The van der Waals surface area contributed by atoms with Crippen molar-refractivity contribution in [1.82, 2.24) is 31.9 Å². The van der Waals surface area contributed by atoms with Crippen LogP contribution in [0.4, 0.5) is 0 Å². The number of aliphatic imine (C=N–C) groups is 1. The average Bonchev–Trinajstić information content (AvgIpc) is 3.13. The standard InChI is InChI=1S/C34H54N10O10/c35-12-16-54-18-17-53-15-11-27(45)38-13-5-4-9-24-31(50)42-23(10-6-14-39-34(36)37)30(49)40-21-28(46)41-26(20-29(47)48)33(52)44-25(32(51)43-24)19-22-7-2-1-3-8-22/h1-3,7-8,23-26H,4-6,9-21,35H2,(H,38,45)(H,40,49)(H,41,46)(H,42,50)(H,43,51)(H,44,52)(H,47,48)(H4,36,37,39)/t23-,24?,25+,26-/m0/s1. The first-order chi connectivity index (χ1) is 25.9. The molecule has 1 heterocycles. The second-order valence-electron chi connectivity index (χ2n) is 12.4. The van der Waals surface area contributed by atoms with Crippen LogP contribution in [0.15, 0.2) is 35.3 Å². The van der Waals surface area contributed by atoms with Crippen LogP contribution in [-0.4, -0.2) is 129 Å². The highest BCUT2D eigenvalue weighted by Crippen LogP contribution is 2.09. The van der Waals surface area contributed by atoms with Gasteiger partial charge in [-0.05, 0) is 37.7 Å². The summed E-state index contributed by atoms with van der Waals surface area (Å²) < 4.78 is 10.6. The van der Waals surface area contributed by atoms with E-state index in [1.54, 1.807) is 30.3 Å². The monoisotopic (exact) mass is 762 g/mol. The zero-order valence-corrected chi connectivity index (χ0v) is 30.3. The number of hydrogen-bond donors (Lipinski definition) is 10. The van der Waals surface area contributed by atoms with Crippen LogP contribution < -0.4 is 49.1 Å². The summed E-state index contributed by atoms with van der Waals surface area (Å²) in [6.07, 6.45) is 0.443. The Morgan fingerprint density at radius 3 is 2.06 bits per heavy atom. The van der Waals surface area contributed by atoms with Crippen molar-refractivity contribution >= 4 is 47.4 Å². The second kappa shape index (κ2) is 25.6. The Morgan fingerprint density at radius 1 is 0.778 bits per heavy atom. The third-order valence-corrected chi connectivity index (χ3v) is 7.93. The van der Waals surface area contributed by atoms with E-state index in [4.69, 9.17) is 26.7 Å². The predicted molar refractivity (Wildman–Crippen MR) is 195 cm³/mol. The Kier molecular flexibility index (Phi) is 21.3. The molecule has 0 saturated carbocycles. The third kappa shape index (κ3) is 18.9. The lowest BCUT2D eigenvalue weighted by molar-refractivity contribution is -0.141. The Balaban J connectivity index is 2.25. The minimum Gasteiger partial charge on any atom is -0.481 e. The number of benzene rings is 1. The first-order valence-electron chi connectivity index (χ1n) is 17.8. The fourth-order valence-corrected chi connectivity index (χ4v) is 5.20. The van der Waals surface area contributed by atoms with Gasteiger partial charge in [0.1, 0.15) is 24.2 Å². The van der Waals surface area contributed by atoms with Gasteiger partial charge < -0.3 is 63.7 Å². The Labute approximate surface area is 313 Å². The van der Waals surface area contributed by atoms with E-state index in [-0.39, 0.29) is 63.7 Å². The number of nitrogens with zero attached hydrogens (tertiary/aromatic N) is 1. The number of aliphatic carboxylic acids is 1. The van der Waals surface area contributed by atoms with E-state index in [0.717, 1.165) is 0 Å². The van der Waals surface area contributed by atoms with Gasteiger partial charge in [-0.3, -0.25) is 38.6 Å². The van der Waals surface area contributed by atoms with Gasteiger partial charge in [0.05, 0.1) is 39.4 Å². The lowest BCUT2D eigenvalue weighted by atomic mass is 10.0. The summed E-state index contributed by atoms with van der Waals surface area (Å²) in [5, 5.41) is 24.8. The van der Waals surface area contributed by atoms with Gasteiger partial charge in [0.15, 0.2) is 5.96 Å². The van der Waals surface area contributed by atoms with Gasteiger partial charge >= 0.3 is 5.97 Å². The number of ether oxygens (including phenoxy) is 2. The molecule has 20 nitrogen and oxygen atoms in total. The third-order valence-electron chi connectivity index (χ3n) is 7.93. The molecular formula is C34H54N10O10. The first-order valence-corrected chi connectivity index (χ1v) is 17.8. The number of carbonyl (C=O) groups is 7. The summed E-state index contributed by atoms with van der Waals surface area (Å²) >= 11 is 0. The zero-order chi connectivity index (χ0) is 39.7.